The molecule has 0 aliphatic carbocycles. The van der Waals surface area contributed by atoms with Gasteiger partial charge in [0.05, 0.1) is 7.11 Å². The maximum absolute atomic E-state index is 12.8. The monoisotopic (exact) mass is 484 g/mol. The number of carbonyl (C=O) groups is 4. The molecule has 2 aromatic carbocycles. The lowest BCUT2D eigenvalue weighted by Gasteiger charge is -2.24. The van der Waals surface area contributed by atoms with Gasteiger partial charge in [-0.1, -0.05) is 44.2 Å². The zero-order valence-electron chi connectivity index (χ0n) is 20.2. The number of carboxylic acids is 1. The summed E-state index contributed by atoms with van der Waals surface area (Å²) in [5, 5.41) is 19.8. The van der Waals surface area contributed by atoms with E-state index in [0.717, 1.165) is 5.56 Å². The van der Waals surface area contributed by atoms with Crippen LogP contribution in [0.1, 0.15) is 26.3 Å². The molecule has 3 atom stereocenters. The summed E-state index contributed by atoms with van der Waals surface area (Å²) in [7, 11) is 1.54. The van der Waals surface area contributed by atoms with Crippen molar-refractivity contribution in [2.24, 2.45) is 5.92 Å². The Balaban J connectivity index is 1.95. The molecule has 0 spiro atoms. The number of carboxylic acid groups (broad SMARTS) is 1. The second-order valence-electron chi connectivity index (χ2n) is 8.37. The Morgan fingerprint density at radius 1 is 0.857 bits per heavy atom. The average Bonchev–Trinajstić information content (AvgIpc) is 2.82. The Labute approximate surface area is 204 Å². The summed E-state index contributed by atoms with van der Waals surface area (Å²) in [5.74, 6) is -2.04. The van der Waals surface area contributed by atoms with Gasteiger partial charge in [-0.15, -0.1) is 0 Å². The quantitative estimate of drug-likeness (QED) is 0.330. The van der Waals surface area contributed by atoms with Crippen LogP contribution in [0.4, 0.5) is 10.5 Å². The number of nitrogens with one attached hydrogen (secondary N) is 4. The molecule has 0 unspecified atom stereocenters. The topological polar surface area (TPSA) is 146 Å². The van der Waals surface area contributed by atoms with Crippen LogP contribution in [0.3, 0.4) is 0 Å². The highest BCUT2D eigenvalue weighted by Gasteiger charge is 2.29. The van der Waals surface area contributed by atoms with E-state index in [2.05, 4.69) is 21.3 Å². The normalized spacial score (nSPS) is 13.2. The molecule has 0 aromatic heterocycles. The smallest absolute Gasteiger partial charge is 0.326 e. The van der Waals surface area contributed by atoms with Gasteiger partial charge in [-0.3, -0.25) is 9.59 Å². The minimum absolute atomic E-state index is 0.101. The number of anilines is 1. The van der Waals surface area contributed by atoms with E-state index in [1.54, 1.807) is 62.4 Å². The second kappa shape index (κ2) is 13.0. The predicted octanol–water partition coefficient (Wildman–Crippen LogP) is 2.16. The molecule has 5 N–H and O–H groups in total. The first-order valence-electron chi connectivity index (χ1n) is 11.2. The largest absolute Gasteiger partial charge is 0.497 e. The fraction of sp³-hybridized carbons (Fsp3) is 0.360. The van der Waals surface area contributed by atoms with E-state index in [0.29, 0.717) is 11.4 Å². The van der Waals surface area contributed by atoms with E-state index in [9.17, 15) is 24.3 Å². The fourth-order valence-corrected chi connectivity index (χ4v) is 3.23. The Bertz CT molecular complexity index is 1010. The van der Waals surface area contributed by atoms with Crippen LogP contribution in [-0.4, -0.2) is 54.2 Å². The standard InChI is InChI=1S/C25H32N4O6/c1-15(2)21(29-25(34)27-18-10-12-19(35-4)13-11-18)23(31)26-16(3)22(30)28-20(24(32)33)14-17-8-6-5-7-9-17/h5-13,15-16,20-21H,14H2,1-4H3,(H,26,31)(H,28,30)(H,32,33)(H2,27,29,34)/t16-,20-,21-/m0/s1. The maximum Gasteiger partial charge on any atom is 0.326 e. The second-order valence-corrected chi connectivity index (χ2v) is 8.37. The van der Waals surface area contributed by atoms with Gasteiger partial charge >= 0.3 is 12.0 Å². The number of carbonyl (C=O) groups excluding carboxylic acids is 3. The molecule has 188 valence electrons. The van der Waals surface area contributed by atoms with Crippen LogP contribution >= 0.6 is 0 Å². The number of rotatable bonds is 11. The van der Waals surface area contributed by atoms with Crippen molar-refractivity contribution in [3.63, 3.8) is 0 Å². The summed E-state index contributed by atoms with van der Waals surface area (Å²) in [6.07, 6.45) is 0.101. The van der Waals surface area contributed by atoms with Gasteiger partial charge in [0.2, 0.25) is 11.8 Å². The molecule has 0 radical (unpaired) electrons. The molecule has 10 nitrogen and oxygen atoms in total. The van der Waals surface area contributed by atoms with Gasteiger partial charge < -0.3 is 31.1 Å². The third-order valence-electron chi connectivity index (χ3n) is 5.23. The van der Waals surface area contributed by atoms with E-state index in [1.165, 1.54) is 14.0 Å². The van der Waals surface area contributed by atoms with E-state index in [-0.39, 0.29) is 12.3 Å². The fourth-order valence-electron chi connectivity index (χ4n) is 3.23. The van der Waals surface area contributed by atoms with Gasteiger partial charge in [-0.25, -0.2) is 9.59 Å². The van der Waals surface area contributed by atoms with E-state index in [4.69, 9.17) is 4.74 Å². The van der Waals surface area contributed by atoms with Gasteiger partial charge in [0.25, 0.3) is 0 Å². The van der Waals surface area contributed by atoms with Crippen molar-refractivity contribution in [2.75, 3.05) is 12.4 Å². The number of urea groups is 1. The minimum Gasteiger partial charge on any atom is -0.497 e. The molecular formula is C25H32N4O6. The predicted molar refractivity (Wildman–Crippen MR) is 131 cm³/mol. The zero-order valence-corrected chi connectivity index (χ0v) is 20.2. The highest BCUT2D eigenvalue weighted by Crippen LogP contribution is 2.15. The lowest BCUT2D eigenvalue weighted by atomic mass is 10.0. The molecule has 0 saturated carbocycles. The number of amides is 4. The Morgan fingerprint density at radius 3 is 2.03 bits per heavy atom. The first-order valence-corrected chi connectivity index (χ1v) is 11.2. The molecule has 4 amide bonds. The first-order chi connectivity index (χ1) is 16.6. The maximum atomic E-state index is 12.8. The molecule has 0 saturated heterocycles. The first kappa shape index (κ1) is 27.2. The van der Waals surface area contributed by atoms with Gasteiger partial charge in [-0.2, -0.15) is 0 Å². The molecule has 2 aromatic rings. The number of methoxy groups -OCH3 is 1. The van der Waals surface area contributed by atoms with E-state index >= 15 is 0 Å². The highest BCUT2D eigenvalue weighted by molar-refractivity contribution is 5.96. The van der Waals surface area contributed by atoms with E-state index < -0.39 is 41.9 Å². The van der Waals surface area contributed by atoms with Crippen molar-refractivity contribution in [1.29, 1.82) is 0 Å². The van der Waals surface area contributed by atoms with Crippen LogP contribution in [-0.2, 0) is 20.8 Å². The average molecular weight is 485 g/mol. The van der Waals surface area contributed by atoms with Gasteiger partial charge in [-0.05, 0) is 42.7 Å². The summed E-state index contributed by atoms with van der Waals surface area (Å²) in [4.78, 5) is 49.5. The van der Waals surface area contributed by atoms with Crippen molar-refractivity contribution >= 4 is 29.5 Å². The summed E-state index contributed by atoms with van der Waals surface area (Å²) in [6.45, 7) is 4.95. The molecule has 0 aliphatic heterocycles. The highest BCUT2D eigenvalue weighted by atomic mass is 16.5. The Hall–Kier alpha value is -4.08. The van der Waals surface area contributed by atoms with Crippen molar-refractivity contribution in [2.45, 2.75) is 45.3 Å². The summed E-state index contributed by atoms with van der Waals surface area (Å²) >= 11 is 0. The number of aliphatic carboxylic acids is 1. The Kier molecular flexibility index (Phi) is 10.1. The van der Waals surface area contributed by atoms with Gasteiger partial charge in [0.15, 0.2) is 0 Å². The third-order valence-corrected chi connectivity index (χ3v) is 5.23. The third kappa shape index (κ3) is 8.65. The summed E-state index contributed by atoms with van der Waals surface area (Å²) < 4.78 is 5.08. The van der Waals surface area contributed by atoms with Gasteiger partial charge in [0.1, 0.15) is 23.9 Å². The lowest BCUT2D eigenvalue weighted by Crippen LogP contribution is -2.56. The van der Waals surface area contributed by atoms with Crippen LogP contribution in [0.25, 0.3) is 0 Å². The number of benzene rings is 2. The summed E-state index contributed by atoms with van der Waals surface area (Å²) in [6, 6.07) is 11.9. The molecule has 0 heterocycles. The Morgan fingerprint density at radius 2 is 1.49 bits per heavy atom. The molecule has 2 rings (SSSR count). The lowest BCUT2D eigenvalue weighted by molar-refractivity contribution is -0.142. The van der Waals surface area contributed by atoms with E-state index in [1.807, 2.05) is 6.07 Å². The molecule has 0 aliphatic rings. The van der Waals surface area contributed by atoms with Crippen molar-refractivity contribution < 1.29 is 29.0 Å². The van der Waals surface area contributed by atoms with Crippen molar-refractivity contribution in [3.05, 3.63) is 60.2 Å². The van der Waals surface area contributed by atoms with Crippen LogP contribution in [0.15, 0.2) is 54.6 Å². The van der Waals surface area contributed by atoms with Crippen LogP contribution < -0.4 is 26.0 Å². The van der Waals surface area contributed by atoms with Crippen LogP contribution in [0, 0.1) is 5.92 Å². The minimum atomic E-state index is -1.18. The number of hydrogen-bond acceptors (Lipinski definition) is 5. The van der Waals surface area contributed by atoms with Crippen molar-refractivity contribution in [3.8, 4) is 5.75 Å². The zero-order chi connectivity index (χ0) is 26.0. The van der Waals surface area contributed by atoms with Crippen molar-refractivity contribution in [1.82, 2.24) is 16.0 Å². The molecule has 10 heteroatoms. The molecular weight excluding hydrogens is 452 g/mol. The van der Waals surface area contributed by atoms with Gasteiger partial charge in [0, 0.05) is 12.1 Å². The van der Waals surface area contributed by atoms with Crippen LogP contribution in [0.5, 0.6) is 5.75 Å². The number of hydrogen-bond donors (Lipinski definition) is 5. The summed E-state index contributed by atoms with van der Waals surface area (Å²) in [5.41, 5.74) is 1.26. The molecule has 35 heavy (non-hydrogen) atoms. The SMILES string of the molecule is COc1ccc(NC(=O)N[C@H](C(=O)N[C@@H](C)C(=O)N[C@@H](Cc2ccccc2)C(=O)O)C(C)C)cc1. The number of ether oxygens (including phenoxy) is 1. The molecule has 0 bridgehead atoms. The molecule has 0 fully saturated rings. The van der Waals surface area contributed by atoms with Crippen LogP contribution in [0.2, 0.25) is 0 Å².